The fraction of sp³-hybridized carbons (Fsp3) is 0.667. The normalized spacial score (nSPS) is 38.5. The first-order valence-corrected chi connectivity index (χ1v) is 13.2. The summed E-state index contributed by atoms with van der Waals surface area (Å²) < 4.78 is 0. The highest BCUT2D eigenvalue weighted by Crippen LogP contribution is 2.59. The number of fused-ring (bicyclic) bond motifs is 1. The maximum absolute atomic E-state index is 10.5. The molecule has 0 unspecified atom stereocenters. The first-order valence-electron chi connectivity index (χ1n) is 13.2. The second-order valence-electron chi connectivity index (χ2n) is 11.3. The quantitative estimate of drug-likeness (QED) is 0.376. The van der Waals surface area contributed by atoms with Gasteiger partial charge in [-0.3, -0.25) is 0 Å². The zero-order valence-electron chi connectivity index (χ0n) is 21.6. The van der Waals surface area contributed by atoms with Crippen molar-refractivity contribution in [2.24, 2.45) is 23.2 Å². The summed E-state index contributed by atoms with van der Waals surface area (Å²) in [6.45, 7) is 12.3. The first-order chi connectivity index (χ1) is 16.0. The maximum atomic E-state index is 10.5. The number of rotatable bonds is 7. The lowest BCUT2D eigenvalue weighted by Gasteiger charge is -2.44. The fourth-order valence-corrected chi connectivity index (χ4v) is 6.76. The lowest BCUT2D eigenvalue weighted by molar-refractivity contribution is -0.0314. The molecule has 0 amide bonds. The van der Waals surface area contributed by atoms with Gasteiger partial charge in [0.15, 0.2) is 0 Å². The van der Waals surface area contributed by atoms with Crippen LogP contribution in [0.2, 0.25) is 0 Å². The third-order valence-corrected chi connectivity index (χ3v) is 9.14. The summed E-state index contributed by atoms with van der Waals surface area (Å²) >= 11 is 0. The van der Waals surface area contributed by atoms with Gasteiger partial charge in [-0.1, -0.05) is 69.4 Å². The van der Waals surface area contributed by atoms with Gasteiger partial charge < -0.3 is 20.4 Å². The molecular formula is C30H46O4. The van der Waals surface area contributed by atoms with E-state index in [9.17, 15) is 20.4 Å². The van der Waals surface area contributed by atoms with Crippen LogP contribution in [0.15, 0.2) is 59.8 Å². The molecule has 3 fully saturated rings. The molecule has 0 saturated heterocycles. The van der Waals surface area contributed by atoms with Crippen molar-refractivity contribution < 1.29 is 20.4 Å². The summed E-state index contributed by atoms with van der Waals surface area (Å²) in [7, 11) is 0. The van der Waals surface area contributed by atoms with Crippen molar-refractivity contribution in [3.63, 3.8) is 0 Å². The van der Waals surface area contributed by atoms with Gasteiger partial charge in [-0.25, -0.2) is 0 Å². The second-order valence-corrected chi connectivity index (χ2v) is 11.3. The molecule has 0 aromatic rings. The van der Waals surface area contributed by atoms with E-state index in [1.165, 1.54) is 31.3 Å². The Labute approximate surface area is 206 Å². The predicted octanol–water partition coefficient (Wildman–Crippen LogP) is 5.40. The Kier molecular flexibility index (Phi) is 8.84. The molecule has 4 nitrogen and oxygen atoms in total. The molecule has 3 aliphatic rings. The molecule has 0 heterocycles. The number of hydrogen-bond donors (Lipinski definition) is 4. The lowest BCUT2D eigenvalue weighted by Crippen LogP contribution is -2.37. The standard InChI is InChI=1S/C30H46O4/c1-6-30(34,22(4)31)17-8-7-10-20(2)26-14-15-27-23(11-9-16-29(26,27)5)12-13-24-18-25(32)19-28(33)21(24)3/h7-8,10,12-13,17,20,22,25-28,31-34H,3,6,9,11,14-16,18-19H2,1-2,4-5H3/b10-7+,17-8+,23-12+,24-13+/t20-,22+,25-,26-,27+,28+,29-,30+/m1/s1. The molecule has 3 aliphatic carbocycles. The average Bonchev–Trinajstić information content (AvgIpc) is 3.15. The Morgan fingerprint density at radius 2 is 1.91 bits per heavy atom. The van der Waals surface area contributed by atoms with E-state index in [-0.39, 0.29) is 5.41 Å². The lowest BCUT2D eigenvalue weighted by atomic mass is 9.61. The van der Waals surface area contributed by atoms with Crippen molar-refractivity contribution in [2.75, 3.05) is 0 Å². The highest BCUT2D eigenvalue weighted by molar-refractivity contribution is 5.38. The first kappa shape index (κ1) is 27.1. The van der Waals surface area contributed by atoms with Gasteiger partial charge in [0, 0.05) is 6.42 Å². The summed E-state index contributed by atoms with van der Waals surface area (Å²) in [5, 5.41) is 40.5. The highest BCUT2D eigenvalue weighted by atomic mass is 16.3. The minimum Gasteiger partial charge on any atom is -0.393 e. The molecule has 0 aromatic carbocycles. The van der Waals surface area contributed by atoms with Crippen molar-refractivity contribution in [1.82, 2.24) is 0 Å². The molecule has 190 valence electrons. The molecule has 0 aromatic heterocycles. The van der Waals surface area contributed by atoms with Crippen LogP contribution >= 0.6 is 0 Å². The molecule has 8 atom stereocenters. The van der Waals surface area contributed by atoms with Gasteiger partial charge in [0.25, 0.3) is 0 Å². The molecule has 4 heteroatoms. The van der Waals surface area contributed by atoms with E-state index in [4.69, 9.17) is 0 Å². The van der Waals surface area contributed by atoms with Crippen LogP contribution in [0.1, 0.15) is 79.1 Å². The average molecular weight is 471 g/mol. The molecule has 34 heavy (non-hydrogen) atoms. The van der Waals surface area contributed by atoms with Crippen molar-refractivity contribution in [3.05, 3.63) is 59.8 Å². The Morgan fingerprint density at radius 3 is 2.59 bits per heavy atom. The molecule has 3 saturated carbocycles. The summed E-state index contributed by atoms with van der Waals surface area (Å²) in [6.07, 6.45) is 17.7. The van der Waals surface area contributed by atoms with E-state index in [1.54, 1.807) is 13.0 Å². The van der Waals surface area contributed by atoms with Crippen molar-refractivity contribution in [2.45, 2.75) is 103 Å². The minimum absolute atomic E-state index is 0.266. The fourth-order valence-electron chi connectivity index (χ4n) is 6.76. The van der Waals surface area contributed by atoms with Crippen LogP contribution in [0.4, 0.5) is 0 Å². The molecule has 0 spiro atoms. The zero-order valence-corrected chi connectivity index (χ0v) is 21.6. The van der Waals surface area contributed by atoms with Crippen LogP contribution in [-0.2, 0) is 0 Å². The van der Waals surface area contributed by atoms with Gasteiger partial charge in [0.2, 0.25) is 0 Å². The Hall–Kier alpha value is -1.46. The van der Waals surface area contributed by atoms with Gasteiger partial charge >= 0.3 is 0 Å². The van der Waals surface area contributed by atoms with Gasteiger partial charge in [-0.05, 0) is 86.2 Å². The highest BCUT2D eigenvalue weighted by Gasteiger charge is 2.50. The van der Waals surface area contributed by atoms with E-state index in [1.807, 2.05) is 19.1 Å². The molecular weight excluding hydrogens is 424 g/mol. The number of aliphatic hydroxyl groups is 4. The van der Waals surface area contributed by atoms with Crippen LogP contribution < -0.4 is 0 Å². The molecule has 0 aliphatic heterocycles. The van der Waals surface area contributed by atoms with Crippen molar-refractivity contribution in [1.29, 1.82) is 0 Å². The zero-order chi connectivity index (χ0) is 25.1. The van der Waals surface area contributed by atoms with E-state index in [2.05, 4.69) is 38.7 Å². The van der Waals surface area contributed by atoms with Gasteiger partial charge in [-0.15, -0.1) is 0 Å². The van der Waals surface area contributed by atoms with E-state index in [0.29, 0.717) is 37.0 Å². The number of hydrogen-bond acceptors (Lipinski definition) is 4. The van der Waals surface area contributed by atoms with Gasteiger partial charge in [0.1, 0.15) is 5.60 Å². The molecule has 0 radical (unpaired) electrons. The third kappa shape index (κ3) is 5.67. The molecule has 3 rings (SSSR count). The van der Waals surface area contributed by atoms with Crippen LogP contribution in [0, 0.1) is 23.2 Å². The van der Waals surface area contributed by atoms with Gasteiger partial charge in [-0.2, -0.15) is 0 Å². The van der Waals surface area contributed by atoms with Crippen LogP contribution in [-0.4, -0.2) is 44.3 Å². The van der Waals surface area contributed by atoms with Gasteiger partial charge in [0.05, 0.1) is 18.3 Å². The third-order valence-electron chi connectivity index (χ3n) is 9.14. The van der Waals surface area contributed by atoms with Crippen LogP contribution in [0.5, 0.6) is 0 Å². The molecule has 0 bridgehead atoms. The Bertz CT molecular complexity index is 850. The largest absolute Gasteiger partial charge is 0.393 e. The summed E-state index contributed by atoms with van der Waals surface area (Å²) in [5.41, 5.74) is 2.33. The minimum atomic E-state index is -1.18. The smallest absolute Gasteiger partial charge is 0.108 e. The topological polar surface area (TPSA) is 80.9 Å². The van der Waals surface area contributed by atoms with Crippen LogP contribution in [0.25, 0.3) is 0 Å². The maximum Gasteiger partial charge on any atom is 0.108 e. The Morgan fingerprint density at radius 1 is 1.18 bits per heavy atom. The van der Waals surface area contributed by atoms with Crippen LogP contribution in [0.3, 0.4) is 0 Å². The molecule has 4 N–H and O–H groups in total. The number of allylic oxidation sites excluding steroid dienone is 6. The summed E-state index contributed by atoms with van der Waals surface area (Å²) in [4.78, 5) is 0. The number of aliphatic hydroxyl groups excluding tert-OH is 3. The summed E-state index contributed by atoms with van der Waals surface area (Å²) in [6, 6.07) is 0. The van der Waals surface area contributed by atoms with E-state index in [0.717, 1.165) is 17.6 Å². The SMILES string of the molecule is C=C1/C(=C/C=C2\CCC[C@]3(C)[C@@H]([C@H](C)/C=C/C=C/[C@@](O)(CC)[C@H](C)O)CC[C@@H]23)C[C@@H](O)C[C@@H]1O. The van der Waals surface area contributed by atoms with Crippen molar-refractivity contribution in [3.8, 4) is 0 Å². The van der Waals surface area contributed by atoms with E-state index >= 15 is 0 Å². The second kappa shape index (κ2) is 11.1. The predicted molar refractivity (Wildman–Crippen MR) is 139 cm³/mol. The monoisotopic (exact) mass is 470 g/mol. The van der Waals surface area contributed by atoms with Crippen molar-refractivity contribution >= 4 is 0 Å². The summed E-state index contributed by atoms with van der Waals surface area (Å²) in [5.74, 6) is 1.61. The van der Waals surface area contributed by atoms with E-state index < -0.39 is 23.9 Å². The Balaban J connectivity index is 1.72.